The fourth-order valence-electron chi connectivity index (χ4n) is 0.485. The van der Waals surface area contributed by atoms with Crippen molar-refractivity contribution in [2.75, 3.05) is 13.7 Å². The molecule has 0 heterocycles. The van der Waals surface area contributed by atoms with E-state index in [4.69, 9.17) is 10.5 Å². The van der Waals surface area contributed by atoms with Gasteiger partial charge in [0.25, 0.3) is 0 Å². The molecule has 9 heavy (non-hydrogen) atoms. The third-order valence-corrected chi connectivity index (χ3v) is 1.98. The molecule has 0 aromatic rings. The Kier molecular flexibility index (Phi) is 3.15. The Labute approximate surface area is 57.4 Å². The summed E-state index contributed by atoms with van der Waals surface area (Å²) in [5.41, 5.74) is 5.61. The molecule has 56 valence electrons. The van der Waals surface area contributed by atoms with E-state index in [1.54, 1.807) is 7.11 Å². The van der Waals surface area contributed by atoms with Crippen LogP contribution in [-0.2, 0) is 4.74 Å². The fraction of sp³-hybridized carbons (Fsp3) is 1.00. The smallest absolute Gasteiger partial charge is 0.0606 e. The van der Waals surface area contributed by atoms with E-state index in [2.05, 4.69) is 13.8 Å². The highest BCUT2D eigenvalue weighted by molar-refractivity contribution is 4.75. The molecule has 0 spiro atoms. The first-order chi connectivity index (χ1) is 4.04. The quantitative estimate of drug-likeness (QED) is 0.620. The highest BCUT2D eigenvalue weighted by atomic mass is 16.5. The van der Waals surface area contributed by atoms with Crippen molar-refractivity contribution in [1.29, 1.82) is 0 Å². The van der Waals surface area contributed by atoms with Gasteiger partial charge in [-0.05, 0) is 13.5 Å². The monoisotopic (exact) mass is 131 g/mol. The van der Waals surface area contributed by atoms with Crippen LogP contribution in [0.3, 0.4) is 0 Å². The topological polar surface area (TPSA) is 35.2 Å². The minimum atomic E-state index is 0.106. The molecule has 0 aromatic heterocycles. The van der Waals surface area contributed by atoms with Crippen molar-refractivity contribution < 1.29 is 4.74 Å². The molecule has 0 amide bonds. The Bertz CT molecular complexity index is 81.0. The largest absolute Gasteiger partial charge is 0.381 e. The van der Waals surface area contributed by atoms with Crippen LogP contribution < -0.4 is 5.73 Å². The average Bonchev–Trinajstić information content (AvgIpc) is 1.86. The van der Waals surface area contributed by atoms with Crippen LogP contribution >= 0.6 is 0 Å². The van der Waals surface area contributed by atoms with E-state index >= 15 is 0 Å². The van der Waals surface area contributed by atoms with Gasteiger partial charge in [0.05, 0.1) is 6.10 Å². The van der Waals surface area contributed by atoms with E-state index in [1.807, 2.05) is 6.92 Å². The molecule has 2 N–H and O–H groups in total. The normalized spacial score (nSPS) is 15.7. The predicted molar refractivity (Wildman–Crippen MR) is 39.3 cm³/mol. The van der Waals surface area contributed by atoms with Crippen LogP contribution in [0.1, 0.15) is 20.8 Å². The standard InChI is InChI=1S/C7H17NO/c1-6(9-4)7(2,3)5-8/h6H,5,8H2,1-4H3. The van der Waals surface area contributed by atoms with Crippen LogP contribution in [0.15, 0.2) is 0 Å². The second kappa shape index (κ2) is 3.18. The van der Waals surface area contributed by atoms with Gasteiger partial charge in [-0.2, -0.15) is 0 Å². The Morgan fingerprint density at radius 2 is 2.00 bits per heavy atom. The summed E-state index contributed by atoms with van der Waals surface area (Å²) in [4.78, 5) is 0. The molecule has 0 saturated heterocycles. The summed E-state index contributed by atoms with van der Waals surface area (Å²) >= 11 is 0. The second-order valence-electron chi connectivity index (χ2n) is 3.07. The maximum atomic E-state index is 5.50. The van der Waals surface area contributed by atoms with Gasteiger partial charge in [-0.15, -0.1) is 0 Å². The van der Waals surface area contributed by atoms with E-state index in [0.29, 0.717) is 6.54 Å². The average molecular weight is 131 g/mol. The molecule has 0 rings (SSSR count). The SMILES string of the molecule is COC(C)C(C)(C)CN. The van der Waals surface area contributed by atoms with Gasteiger partial charge in [-0.25, -0.2) is 0 Å². The highest BCUT2D eigenvalue weighted by Gasteiger charge is 2.23. The van der Waals surface area contributed by atoms with Gasteiger partial charge in [0.1, 0.15) is 0 Å². The van der Waals surface area contributed by atoms with Crippen molar-refractivity contribution in [3.8, 4) is 0 Å². The van der Waals surface area contributed by atoms with Crippen LogP contribution in [0.5, 0.6) is 0 Å². The zero-order chi connectivity index (χ0) is 7.49. The van der Waals surface area contributed by atoms with Crippen molar-refractivity contribution in [3.63, 3.8) is 0 Å². The Morgan fingerprint density at radius 3 is 2.11 bits per heavy atom. The van der Waals surface area contributed by atoms with Gasteiger partial charge in [-0.3, -0.25) is 0 Å². The van der Waals surface area contributed by atoms with E-state index in [1.165, 1.54) is 0 Å². The van der Waals surface area contributed by atoms with E-state index < -0.39 is 0 Å². The van der Waals surface area contributed by atoms with Gasteiger partial charge in [-0.1, -0.05) is 13.8 Å². The number of nitrogens with two attached hydrogens (primary N) is 1. The zero-order valence-corrected chi connectivity index (χ0v) is 6.77. The van der Waals surface area contributed by atoms with Crippen LogP contribution in [0.2, 0.25) is 0 Å². The first kappa shape index (κ1) is 8.92. The summed E-state index contributed by atoms with van der Waals surface area (Å²) in [5.74, 6) is 0. The van der Waals surface area contributed by atoms with Crippen molar-refractivity contribution in [3.05, 3.63) is 0 Å². The molecule has 0 aliphatic rings. The predicted octanol–water partition coefficient (Wildman–Crippen LogP) is 1.01. The van der Waals surface area contributed by atoms with E-state index in [0.717, 1.165) is 0 Å². The summed E-state index contributed by atoms with van der Waals surface area (Å²) < 4.78 is 5.13. The van der Waals surface area contributed by atoms with Crippen LogP contribution in [-0.4, -0.2) is 19.8 Å². The maximum Gasteiger partial charge on any atom is 0.0606 e. The lowest BCUT2D eigenvalue weighted by molar-refractivity contribution is 0.0259. The number of rotatable bonds is 3. The van der Waals surface area contributed by atoms with Crippen LogP contribution in [0, 0.1) is 5.41 Å². The number of hydrogen-bond donors (Lipinski definition) is 1. The third kappa shape index (κ3) is 2.33. The molecule has 2 heteroatoms. The van der Waals surface area contributed by atoms with Crippen molar-refractivity contribution in [2.24, 2.45) is 11.1 Å². The summed E-state index contributed by atoms with van der Waals surface area (Å²) in [7, 11) is 1.71. The van der Waals surface area contributed by atoms with Gasteiger partial charge in [0, 0.05) is 12.5 Å². The summed E-state index contributed by atoms with van der Waals surface area (Å²) in [5, 5.41) is 0. The molecule has 0 aliphatic heterocycles. The van der Waals surface area contributed by atoms with Crippen LogP contribution in [0.4, 0.5) is 0 Å². The molecule has 0 saturated carbocycles. The number of hydrogen-bond acceptors (Lipinski definition) is 2. The summed E-state index contributed by atoms with van der Waals surface area (Å²) in [6.45, 7) is 6.90. The molecule has 2 nitrogen and oxygen atoms in total. The number of ether oxygens (including phenoxy) is 1. The van der Waals surface area contributed by atoms with Gasteiger partial charge < -0.3 is 10.5 Å². The number of methoxy groups -OCH3 is 1. The molecule has 1 unspecified atom stereocenters. The molecule has 1 atom stereocenters. The Balaban J connectivity index is 3.80. The maximum absolute atomic E-state index is 5.50. The lowest BCUT2D eigenvalue weighted by atomic mass is 9.88. The molecule has 0 fully saturated rings. The zero-order valence-electron chi connectivity index (χ0n) is 6.77. The molecular formula is C7H17NO. The van der Waals surface area contributed by atoms with Crippen molar-refractivity contribution in [1.82, 2.24) is 0 Å². The lowest BCUT2D eigenvalue weighted by Crippen LogP contribution is -2.35. The minimum absolute atomic E-state index is 0.106. The first-order valence-corrected chi connectivity index (χ1v) is 3.27. The molecular weight excluding hydrogens is 114 g/mol. The molecule has 0 bridgehead atoms. The summed E-state index contributed by atoms with van der Waals surface area (Å²) in [6, 6.07) is 0. The van der Waals surface area contributed by atoms with Crippen LogP contribution in [0.25, 0.3) is 0 Å². The molecule has 0 radical (unpaired) electrons. The Morgan fingerprint density at radius 1 is 1.56 bits per heavy atom. The minimum Gasteiger partial charge on any atom is -0.381 e. The first-order valence-electron chi connectivity index (χ1n) is 3.27. The lowest BCUT2D eigenvalue weighted by Gasteiger charge is -2.28. The van der Waals surface area contributed by atoms with Gasteiger partial charge in [0.15, 0.2) is 0 Å². The third-order valence-electron chi connectivity index (χ3n) is 1.98. The second-order valence-corrected chi connectivity index (χ2v) is 3.07. The van der Waals surface area contributed by atoms with Crippen molar-refractivity contribution >= 4 is 0 Å². The van der Waals surface area contributed by atoms with E-state index in [9.17, 15) is 0 Å². The van der Waals surface area contributed by atoms with Crippen molar-refractivity contribution in [2.45, 2.75) is 26.9 Å². The molecule has 0 aliphatic carbocycles. The van der Waals surface area contributed by atoms with E-state index in [-0.39, 0.29) is 11.5 Å². The van der Waals surface area contributed by atoms with Gasteiger partial charge in [0.2, 0.25) is 0 Å². The van der Waals surface area contributed by atoms with Gasteiger partial charge >= 0.3 is 0 Å². The summed E-state index contributed by atoms with van der Waals surface area (Å²) in [6.07, 6.45) is 0.238. The molecule has 0 aromatic carbocycles. The highest BCUT2D eigenvalue weighted by Crippen LogP contribution is 2.19. The fourth-order valence-corrected chi connectivity index (χ4v) is 0.485. The Hall–Kier alpha value is -0.0800.